The monoisotopic (exact) mass is 307 g/mol. The van der Waals surface area contributed by atoms with Crippen molar-refractivity contribution in [1.82, 2.24) is 4.72 Å². The van der Waals surface area contributed by atoms with Crippen molar-refractivity contribution in [2.45, 2.75) is 30.5 Å². The Morgan fingerprint density at radius 1 is 1.53 bits per heavy atom. The van der Waals surface area contributed by atoms with Gasteiger partial charge in [-0.05, 0) is 23.8 Å². The molecule has 8 heteroatoms. The van der Waals surface area contributed by atoms with Crippen LogP contribution in [0, 0.1) is 5.92 Å². The van der Waals surface area contributed by atoms with Crippen molar-refractivity contribution in [2.75, 3.05) is 7.11 Å². The highest BCUT2D eigenvalue weighted by molar-refractivity contribution is 7.91. The third-order valence-electron chi connectivity index (χ3n) is 2.36. The molecule has 0 radical (unpaired) electrons. The van der Waals surface area contributed by atoms with Gasteiger partial charge in [0.1, 0.15) is 11.8 Å². The molecule has 0 aliphatic rings. The summed E-state index contributed by atoms with van der Waals surface area (Å²) in [6.45, 7) is 3.66. The van der Waals surface area contributed by atoms with Gasteiger partial charge in [0.15, 0.2) is 4.21 Å². The van der Waals surface area contributed by atoms with Gasteiger partial charge in [-0.2, -0.15) is 4.72 Å². The van der Waals surface area contributed by atoms with Crippen LogP contribution in [0.1, 0.15) is 20.3 Å². The van der Waals surface area contributed by atoms with Gasteiger partial charge >= 0.3 is 5.97 Å². The first-order valence-corrected chi connectivity index (χ1v) is 8.00. The molecule has 1 atom stereocenters. The molecule has 0 aliphatic heterocycles. The van der Waals surface area contributed by atoms with E-state index in [1.54, 1.807) is 5.38 Å². The zero-order chi connectivity index (χ0) is 14.6. The van der Waals surface area contributed by atoms with E-state index < -0.39 is 22.0 Å². The van der Waals surface area contributed by atoms with Gasteiger partial charge in [0.05, 0.1) is 7.11 Å². The van der Waals surface area contributed by atoms with Gasteiger partial charge in [-0.1, -0.05) is 13.8 Å². The van der Waals surface area contributed by atoms with E-state index in [2.05, 4.69) is 4.72 Å². The van der Waals surface area contributed by atoms with Crippen LogP contribution < -0.4 is 9.46 Å². The van der Waals surface area contributed by atoms with Gasteiger partial charge in [-0.3, -0.25) is 4.79 Å². The van der Waals surface area contributed by atoms with Crippen LogP contribution in [-0.4, -0.2) is 32.6 Å². The third kappa shape index (κ3) is 4.19. The minimum atomic E-state index is -3.89. The van der Waals surface area contributed by atoms with Gasteiger partial charge in [0.2, 0.25) is 0 Å². The summed E-state index contributed by atoms with van der Waals surface area (Å²) in [5.74, 6) is -0.909. The molecule has 0 amide bonds. The van der Waals surface area contributed by atoms with Crippen LogP contribution in [0.15, 0.2) is 15.7 Å². The summed E-state index contributed by atoms with van der Waals surface area (Å²) in [6, 6.07) is 0.383. The number of nitrogens with one attached hydrogen (secondary N) is 1. The first-order valence-electron chi connectivity index (χ1n) is 5.64. The maximum Gasteiger partial charge on any atom is 0.321 e. The van der Waals surface area contributed by atoms with E-state index in [1.807, 2.05) is 13.8 Å². The van der Waals surface area contributed by atoms with Crippen molar-refractivity contribution in [1.29, 1.82) is 0 Å². The molecule has 1 rings (SSSR count). The Labute approximate surface area is 116 Å². The van der Waals surface area contributed by atoms with Gasteiger partial charge in [0, 0.05) is 0 Å². The summed E-state index contributed by atoms with van der Waals surface area (Å²) < 4.78 is 31.4. The average molecular weight is 307 g/mol. The Kier molecular flexibility index (Phi) is 5.33. The zero-order valence-electron chi connectivity index (χ0n) is 10.9. The summed E-state index contributed by atoms with van der Waals surface area (Å²) in [5.41, 5.74) is 0. The second-order valence-electron chi connectivity index (χ2n) is 4.42. The molecule has 1 aromatic rings. The lowest BCUT2D eigenvalue weighted by Crippen LogP contribution is -2.41. The van der Waals surface area contributed by atoms with E-state index in [0.717, 1.165) is 11.3 Å². The Morgan fingerprint density at radius 2 is 2.16 bits per heavy atom. The average Bonchev–Trinajstić information content (AvgIpc) is 2.75. The number of hydrogen-bond acceptors (Lipinski definition) is 5. The molecule has 0 unspecified atom stereocenters. The fourth-order valence-corrected chi connectivity index (χ4v) is 4.04. The fourth-order valence-electron chi connectivity index (χ4n) is 1.54. The van der Waals surface area contributed by atoms with Crippen LogP contribution >= 0.6 is 11.3 Å². The molecule has 0 saturated carbocycles. The molecule has 0 saturated heterocycles. The Hall–Kier alpha value is -1.12. The third-order valence-corrected chi connectivity index (χ3v) is 5.28. The van der Waals surface area contributed by atoms with Crippen molar-refractivity contribution >= 4 is 27.3 Å². The van der Waals surface area contributed by atoms with Crippen LogP contribution in [-0.2, 0) is 14.8 Å². The Bertz CT molecular complexity index is 535. The highest BCUT2D eigenvalue weighted by atomic mass is 32.2. The predicted molar refractivity (Wildman–Crippen MR) is 72.1 cm³/mol. The maximum absolute atomic E-state index is 12.1. The largest absolute Gasteiger partial charge is 0.494 e. The highest BCUT2D eigenvalue weighted by Gasteiger charge is 2.29. The fraction of sp³-hybridized carbons (Fsp3) is 0.545. The number of carboxylic acid groups (broad SMARTS) is 1. The number of hydrogen-bond donors (Lipinski definition) is 2. The minimum Gasteiger partial charge on any atom is -0.494 e. The number of carboxylic acids is 1. The van der Waals surface area contributed by atoms with E-state index >= 15 is 0 Å². The number of aliphatic carboxylic acids is 1. The van der Waals surface area contributed by atoms with Gasteiger partial charge in [-0.15, -0.1) is 11.3 Å². The molecule has 6 nitrogen and oxygen atoms in total. The molecule has 1 aromatic heterocycles. The summed E-state index contributed by atoms with van der Waals surface area (Å²) >= 11 is 0.985. The molecule has 0 bridgehead atoms. The number of carbonyl (C=O) groups is 1. The van der Waals surface area contributed by atoms with Crippen molar-refractivity contribution in [2.24, 2.45) is 5.92 Å². The lowest BCUT2D eigenvalue weighted by molar-refractivity contribution is -0.139. The van der Waals surface area contributed by atoms with Crippen LogP contribution in [0.25, 0.3) is 0 Å². The van der Waals surface area contributed by atoms with Crippen LogP contribution in [0.4, 0.5) is 0 Å². The molecule has 0 fully saturated rings. The predicted octanol–water partition coefficient (Wildman–Crippen LogP) is 1.53. The van der Waals surface area contributed by atoms with E-state index in [9.17, 15) is 13.2 Å². The van der Waals surface area contributed by atoms with E-state index in [4.69, 9.17) is 9.84 Å². The number of sulfonamides is 1. The van der Waals surface area contributed by atoms with E-state index in [0.29, 0.717) is 0 Å². The summed E-state index contributed by atoms with van der Waals surface area (Å²) in [4.78, 5) is 11.1. The van der Waals surface area contributed by atoms with E-state index in [-0.39, 0.29) is 22.3 Å². The summed E-state index contributed by atoms with van der Waals surface area (Å²) in [7, 11) is -2.52. The van der Waals surface area contributed by atoms with E-state index in [1.165, 1.54) is 13.2 Å². The number of rotatable bonds is 7. The molecule has 1 heterocycles. The van der Waals surface area contributed by atoms with Gasteiger partial charge < -0.3 is 9.84 Å². The number of ether oxygens (including phenoxy) is 1. The molecule has 2 N–H and O–H groups in total. The normalized spacial score (nSPS) is 13.5. The molecule has 0 aliphatic carbocycles. The maximum atomic E-state index is 12.1. The van der Waals surface area contributed by atoms with Crippen molar-refractivity contribution in [3.8, 4) is 5.75 Å². The zero-order valence-corrected chi connectivity index (χ0v) is 12.5. The Balaban J connectivity index is 2.97. The molecule has 0 aromatic carbocycles. The van der Waals surface area contributed by atoms with Crippen LogP contribution in [0.5, 0.6) is 5.75 Å². The lowest BCUT2D eigenvalue weighted by Gasteiger charge is -2.16. The quantitative estimate of drug-likeness (QED) is 0.797. The minimum absolute atomic E-state index is 0.00925. The molecule has 19 heavy (non-hydrogen) atoms. The van der Waals surface area contributed by atoms with Crippen molar-refractivity contribution in [3.63, 3.8) is 0 Å². The first-order chi connectivity index (χ1) is 8.77. The van der Waals surface area contributed by atoms with Crippen molar-refractivity contribution in [3.05, 3.63) is 11.4 Å². The second-order valence-corrected chi connectivity index (χ2v) is 7.24. The molecule has 0 spiro atoms. The number of methoxy groups -OCH3 is 1. The van der Waals surface area contributed by atoms with Gasteiger partial charge in [0.25, 0.3) is 10.0 Å². The summed E-state index contributed by atoms with van der Waals surface area (Å²) in [6.07, 6.45) is 0.224. The second kappa shape index (κ2) is 6.36. The van der Waals surface area contributed by atoms with Crippen LogP contribution in [0.2, 0.25) is 0 Å². The lowest BCUT2D eigenvalue weighted by atomic mass is 10.1. The summed E-state index contributed by atoms with van der Waals surface area (Å²) in [5, 5.41) is 10.6. The standard InChI is InChI=1S/C11H17NO5S2/c1-7(2)6-8(10(13)14)12-19(15,16)11-9(17-3)4-5-18-11/h4-5,7-8,12H,6H2,1-3H3,(H,13,14)/t8-/m0/s1. The Morgan fingerprint density at radius 3 is 2.63 bits per heavy atom. The number of thiophene rings is 1. The van der Waals surface area contributed by atoms with Gasteiger partial charge in [-0.25, -0.2) is 8.42 Å². The van der Waals surface area contributed by atoms with Crippen molar-refractivity contribution < 1.29 is 23.1 Å². The smallest absolute Gasteiger partial charge is 0.321 e. The van der Waals surface area contributed by atoms with Crippen LogP contribution in [0.3, 0.4) is 0 Å². The first kappa shape index (κ1) is 15.9. The molecular formula is C11H17NO5S2. The topological polar surface area (TPSA) is 92.7 Å². The molecule has 108 valence electrons. The highest BCUT2D eigenvalue weighted by Crippen LogP contribution is 2.29. The molecular weight excluding hydrogens is 290 g/mol. The SMILES string of the molecule is COc1ccsc1S(=O)(=O)N[C@@H](CC(C)C)C(=O)O.